The standard InChI is InChI=1S/C14H16FN3O2S2/c1-9(22)16-6-11-7-18(14(19)20-11)10-3-4-13(12(15)5-10)17(2)8-21/h3-5,8,11H,6-7H2,1-2H3,(H,16,22)/t11-/m0/s1. The molecule has 2 rings (SSSR count). The third kappa shape index (κ3) is 3.69. The molecule has 0 radical (unpaired) electrons. The predicted molar refractivity (Wildman–Crippen MR) is 92.3 cm³/mol. The summed E-state index contributed by atoms with van der Waals surface area (Å²) in [5.41, 5.74) is 2.14. The summed E-state index contributed by atoms with van der Waals surface area (Å²) in [6, 6.07) is 4.54. The Morgan fingerprint density at radius 3 is 2.95 bits per heavy atom. The minimum absolute atomic E-state index is 0.322. The molecule has 1 N–H and O–H groups in total. The maximum Gasteiger partial charge on any atom is 0.414 e. The molecule has 0 spiro atoms. The fourth-order valence-electron chi connectivity index (χ4n) is 2.10. The highest BCUT2D eigenvalue weighted by Crippen LogP contribution is 2.27. The molecule has 22 heavy (non-hydrogen) atoms. The molecule has 0 bridgehead atoms. The van der Waals surface area contributed by atoms with Crippen LogP contribution in [0.15, 0.2) is 18.2 Å². The second kappa shape index (κ2) is 6.97. The SMILES string of the molecule is CC(=S)NC[C@H]1CN(c2ccc(N(C)C=S)c(F)c2)C(=O)O1. The molecule has 0 saturated carbocycles. The molecule has 0 aromatic heterocycles. The van der Waals surface area contributed by atoms with Crippen LogP contribution < -0.4 is 15.1 Å². The topological polar surface area (TPSA) is 44.8 Å². The van der Waals surface area contributed by atoms with Crippen LogP contribution in [0.5, 0.6) is 0 Å². The first kappa shape index (κ1) is 16.6. The van der Waals surface area contributed by atoms with Gasteiger partial charge < -0.3 is 15.0 Å². The quantitative estimate of drug-likeness (QED) is 0.830. The number of cyclic esters (lactones) is 1. The molecule has 0 aliphatic carbocycles. The molecule has 1 aliphatic heterocycles. The molecule has 5 nitrogen and oxygen atoms in total. The molecule has 1 aromatic rings. The van der Waals surface area contributed by atoms with Crippen molar-refractivity contribution in [3.63, 3.8) is 0 Å². The van der Waals surface area contributed by atoms with Gasteiger partial charge in [0.1, 0.15) is 11.9 Å². The number of ether oxygens (including phenoxy) is 1. The first-order valence-corrected chi connectivity index (χ1v) is 7.50. The Balaban J connectivity index is 2.11. The van der Waals surface area contributed by atoms with Gasteiger partial charge in [0, 0.05) is 7.05 Å². The summed E-state index contributed by atoms with van der Waals surface area (Å²) in [6.07, 6.45) is -0.819. The van der Waals surface area contributed by atoms with E-state index in [1.165, 1.54) is 21.4 Å². The molecule has 8 heteroatoms. The maximum absolute atomic E-state index is 14.1. The first-order valence-electron chi connectivity index (χ1n) is 6.62. The van der Waals surface area contributed by atoms with Crippen LogP contribution in [0.4, 0.5) is 20.6 Å². The second-order valence-corrected chi connectivity index (χ2v) is 5.73. The lowest BCUT2D eigenvalue weighted by Crippen LogP contribution is -2.32. The van der Waals surface area contributed by atoms with Crippen molar-refractivity contribution in [1.29, 1.82) is 0 Å². The second-order valence-electron chi connectivity index (χ2n) is 4.91. The fraction of sp³-hybridized carbons (Fsp3) is 0.357. The van der Waals surface area contributed by atoms with E-state index in [4.69, 9.17) is 29.2 Å². The van der Waals surface area contributed by atoms with Crippen LogP contribution in [0.2, 0.25) is 0 Å². The van der Waals surface area contributed by atoms with Gasteiger partial charge in [-0.3, -0.25) is 4.90 Å². The highest BCUT2D eigenvalue weighted by Gasteiger charge is 2.32. The van der Waals surface area contributed by atoms with E-state index in [0.717, 1.165) is 0 Å². The number of anilines is 2. The smallest absolute Gasteiger partial charge is 0.414 e. The summed E-state index contributed by atoms with van der Waals surface area (Å²) in [5.74, 6) is -0.454. The van der Waals surface area contributed by atoms with Gasteiger partial charge in [0.05, 0.1) is 34.9 Å². The van der Waals surface area contributed by atoms with Crippen molar-refractivity contribution in [2.45, 2.75) is 13.0 Å². The predicted octanol–water partition coefficient (Wildman–Crippen LogP) is 2.48. The van der Waals surface area contributed by atoms with Gasteiger partial charge in [-0.2, -0.15) is 0 Å². The average molecular weight is 341 g/mol. The van der Waals surface area contributed by atoms with E-state index in [0.29, 0.717) is 29.5 Å². The van der Waals surface area contributed by atoms with E-state index in [9.17, 15) is 9.18 Å². The molecule has 118 valence electrons. The zero-order valence-corrected chi connectivity index (χ0v) is 13.8. The lowest BCUT2D eigenvalue weighted by molar-refractivity contribution is 0.143. The number of hydrogen-bond donors (Lipinski definition) is 1. The van der Waals surface area contributed by atoms with Crippen molar-refractivity contribution in [3.8, 4) is 0 Å². The molecule has 1 amide bonds. The van der Waals surface area contributed by atoms with Crippen LogP contribution in [0.3, 0.4) is 0 Å². The molecule has 0 unspecified atom stereocenters. The van der Waals surface area contributed by atoms with Crippen LogP contribution in [-0.4, -0.2) is 42.8 Å². The zero-order chi connectivity index (χ0) is 16.3. The summed E-state index contributed by atoms with van der Waals surface area (Å²) in [7, 11) is 1.66. The Labute approximate surface area is 139 Å². The van der Waals surface area contributed by atoms with E-state index in [-0.39, 0.29) is 6.10 Å². The molecule has 1 aliphatic rings. The summed E-state index contributed by atoms with van der Waals surface area (Å²) in [5, 5.41) is 2.95. The van der Waals surface area contributed by atoms with Gasteiger partial charge in [0.25, 0.3) is 0 Å². The normalized spacial score (nSPS) is 17.1. The number of thiocarbonyl (C=S) groups is 2. The number of amides is 1. The largest absolute Gasteiger partial charge is 0.442 e. The van der Waals surface area contributed by atoms with Crippen molar-refractivity contribution in [3.05, 3.63) is 24.0 Å². The first-order chi connectivity index (χ1) is 10.4. The van der Waals surface area contributed by atoms with Gasteiger partial charge in [0.2, 0.25) is 0 Å². The van der Waals surface area contributed by atoms with Gasteiger partial charge >= 0.3 is 6.09 Å². The summed E-state index contributed by atoms with van der Waals surface area (Å²) >= 11 is 9.69. The molecule has 1 aromatic carbocycles. The van der Waals surface area contributed by atoms with Crippen molar-refractivity contribution in [2.24, 2.45) is 0 Å². The van der Waals surface area contributed by atoms with Crippen LogP contribution in [0.25, 0.3) is 0 Å². The van der Waals surface area contributed by atoms with Gasteiger partial charge in [-0.05, 0) is 25.1 Å². The Morgan fingerprint density at radius 2 is 2.36 bits per heavy atom. The minimum Gasteiger partial charge on any atom is -0.442 e. The lowest BCUT2D eigenvalue weighted by atomic mass is 10.2. The monoisotopic (exact) mass is 341 g/mol. The Bertz CT molecular complexity index is 612. The lowest BCUT2D eigenvalue weighted by Gasteiger charge is -2.17. The maximum atomic E-state index is 14.1. The zero-order valence-electron chi connectivity index (χ0n) is 12.2. The van der Waals surface area contributed by atoms with E-state index in [1.807, 2.05) is 0 Å². The van der Waals surface area contributed by atoms with Crippen LogP contribution in [-0.2, 0) is 4.74 Å². The third-order valence-electron chi connectivity index (χ3n) is 3.23. The van der Waals surface area contributed by atoms with Gasteiger partial charge in [0.15, 0.2) is 0 Å². The summed E-state index contributed by atoms with van der Waals surface area (Å²) in [4.78, 5) is 15.4. The molecule has 1 atom stereocenters. The highest BCUT2D eigenvalue weighted by molar-refractivity contribution is 7.80. The highest BCUT2D eigenvalue weighted by atomic mass is 32.1. The van der Waals surface area contributed by atoms with E-state index >= 15 is 0 Å². The molecule has 1 heterocycles. The minimum atomic E-state index is -0.496. The van der Waals surface area contributed by atoms with Crippen molar-refractivity contribution >= 4 is 52.4 Å². The Hall–Kier alpha value is -1.80. The van der Waals surface area contributed by atoms with E-state index in [2.05, 4.69) is 5.32 Å². The number of hydrogen-bond acceptors (Lipinski definition) is 4. The van der Waals surface area contributed by atoms with Crippen molar-refractivity contribution in [2.75, 3.05) is 29.9 Å². The van der Waals surface area contributed by atoms with Crippen LogP contribution >= 0.6 is 24.4 Å². The molecule has 1 fully saturated rings. The van der Waals surface area contributed by atoms with E-state index in [1.54, 1.807) is 26.1 Å². The number of nitrogens with one attached hydrogen (secondary N) is 1. The van der Waals surface area contributed by atoms with Gasteiger partial charge in [-0.25, -0.2) is 9.18 Å². The van der Waals surface area contributed by atoms with Crippen molar-refractivity contribution < 1.29 is 13.9 Å². The number of carbonyl (C=O) groups excluding carboxylic acids is 1. The number of carbonyl (C=O) groups is 1. The number of rotatable bonds is 5. The van der Waals surface area contributed by atoms with Crippen LogP contribution in [0.1, 0.15) is 6.92 Å². The summed E-state index contributed by atoms with van der Waals surface area (Å²) < 4.78 is 19.3. The third-order valence-corrected chi connectivity index (χ3v) is 3.69. The number of nitrogens with zero attached hydrogens (tertiary/aromatic N) is 2. The van der Waals surface area contributed by atoms with E-state index < -0.39 is 11.9 Å². The van der Waals surface area contributed by atoms with Gasteiger partial charge in [-0.1, -0.05) is 24.4 Å². The molecule has 1 saturated heterocycles. The fourth-order valence-corrected chi connectivity index (χ4v) is 2.30. The number of halogens is 1. The molecular formula is C14H16FN3O2S2. The summed E-state index contributed by atoms with van der Waals surface area (Å²) in [6.45, 7) is 2.53. The Morgan fingerprint density at radius 1 is 1.64 bits per heavy atom. The molecular weight excluding hydrogens is 325 g/mol. The van der Waals surface area contributed by atoms with Crippen molar-refractivity contribution in [1.82, 2.24) is 5.32 Å². The van der Waals surface area contributed by atoms with Crippen LogP contribution in [0, 0.1) is 5.82 Å². The Kier molecular flexibility index (Phi) is 5.25. The number of benzene rings is 1. The average Bonchev–Trinajstić information content (AvgIpc) is 2.85. The van der Waals surface area contributed by atoms with Gasteiger partial charge in [-0.15, -0.1) is 0 Å².